The topological polar surface area (TPSA) is 38.8 Å². The summed E-state index contributed by atoms with van der Waals surface area (Å²) in [5.74, 6) is 1.63. The van der Waals surface area contributed by atoms with Gasteiger partial charge in [-0.2, -0.15) is 0 Å². The molecule has 4 heteroatoms. The number of rotatable bonds is 9. The van der Waals surface area contributed by atoms with Crippen molar-refractivity contribution in [1.82, 2.24) is 4.90 Å². The third-order valence-corrected chi connectivity index (χ3v) is 3.55. The Morgan fingerprint density at radius 2 is 2.20 bits per heavy atom. The Kier molecular flexibility index (Phi) is 5.56. The highest BCUT2D eigenvalue weighted by Gasteiger charge is 2.21. The average Bonchev–Trinajstić information content (AvgIpc) is 3.27. The summed E-state index contributed by atoms with van der Waals surface area (Å²) >= 11 is 0. The van der Waals surface area contributed by atoms with Crippen molar-refractivity contribution in [2.75, 3.05) is 33.9 Å². The largest absolute Gasteiger partial charge is 0.496 e. The number of likely N-dealkylation sites (N-methyl/N-ethyl adjacent to an activating group) is 1. The monoisotopic (exact) mass is 277 g/mol. The second-order valence-electron chi connectivity index (χ2n) is 5.45. The molecule has 0 N–H and O–H groups in total. The van der Waals surface area contributed by atoms with Crippen LogP contribution in [-0.2, 0) is 11.3 Å². The minimum absolute atomic E-state index is 0.680. The van der Waals surface area contributed by atoms with Crippen LogP contribution in [0, 0.1) is 5.92 Å². The summed E-state index contributed by atoms with van der Waals surface area (Å²) in [5, 5.41) is 0. The van der Waals surface area contributed by atoms with Gasteiger partial charge >= 0.3 is 0 Å². The van der Waals surface area contributed by atoms with Gasteiger partial charge in [0.1, 0.15) is 12.0 Å². The van der Waals surface area contributed by atoms with Crippen LogP contribution in [0.4, 0.5) is 0 Å². The molecule has 0 aromatic heterocycles. The number of hydrogen-bond donors (Lipinski definition) is 0. The average molecular weight is 277 g/mol. The van der Waals surface area contributed by atoms with E-state index in [1.165, 1.54) is 12.8 Å². The fourth-order valence-electron chi connectivity index (χ4n) is 2.12. The lowest BCUT2D eigenvalue weighted by molar-refractivity contribution is 0.101. The molecule has 1 aliphatic rings. The van der Waals surface area contributed by atoms with Crippen LogP contribution in [0.1, 0.15) is 28.8 Å². The molecule has 1 aliphatic carbocycles. The second kappa shape index (κ2) is 7.41. The van der Waals surface area contributed by atoms with Crippen LogP contribution in [0.25, 0.3) is 0 Å². The number of methoxy groups -OCH3 is 1. The molecule has 1 aromatic rings. The van der Waals surface area contributed by atoms with Gasteiger partial charge in [0.15, 0.2) is 0 Å². The third-order valence-electron chi connectivity index (χ3n) is 3.55. The summed E-state index contributed by atoms with van der Waals surface area (Å²) in [5.41, 5.74) is 1.71. The normalized spacial score (nSPS) is 14.6. The van der Waals surface area contributed by atoms with Gasteiger partial charge in [-0.15, -0.1) is 0 Å². The zero-order valence-corrected chi connectivity index (χ0v) is 12.3. The molecule has 0 saturated heterocycles. The highest BCUT2D eigenvalue weighted by atomic mass is 16.5. The Labute approximate surface area is 120 Å². The first-order valence-electron chi connectivity index (χ1n) is 7.11. The molecular formula is C16H23NO3. The fraction of sp³-hybridized carbons (Fsp3) is 0.562. The van der Waals surface area contributed by atoms with Gasteiger partial charge in [0.05, 0.1) is 13.7 Å². The van der Waals surface area contributed by atoms with Crippen LogP contribution < -0.4 is 4.74 Å². The molecular weight excluding hydrogens is 254 g/mol. The summed E-state index contributed by atoms with van der Waals surface area (Å²) in [4.78, 5) is 13.0. The van der Waals surface area contributed by atoms with Gasteiger partial charge in [-0.25, -0.2) is 0 Å². The fourth-order valence-corrected chi connectivity index (χ4v) is 2.12. The van der Waals surface area contributed by atoms with Crippen molar-refractivity contribution in [3.63, 3.8) is 0 Å². The summed E-state index contributed by atoms with van der Waals surface area (Å²) in [7, 11) is 3.70. The molecule has 4 nitrogen and oxygen atoms in total. The molecule has 0 radical (unpaired) electrons. The zero-order chi connectivity index (χ0) is 14.4. The van der Waals surface area contributed by atoms with E-state index in [1.54, 1.807) is 13.2 Å². The molecule has 110 valence electrons. The van der Waals surface area contributed by atoms with Gasteiger partial charge in [0.2, 0.25) is 0 Å². The number of ether oxygens (including phenoxy) is 2. The second-order valence-corrected chi connectivity index (χ2v) is 5.45. The number of nitrogens with zero attached hydrogens (tertiary/aromatic N) is 1. The van der Waals surface area contributed by atoms with Crippen LogP contribution >= 0.6 is 0 Å². The number of benzene rings is 1. The van der Waals surface area contributed by atoms with Crippen molar-refractivity contribution in [2.45, 2.75) is 19.4 Å². The van der Waals surface area contributed by atoms with Crippen molar-refractivity contribution in [3.8, 4) is 5.75 Å². The van der Waals surface area contributed by atoms with E-state index in [1.807, 2.05) is 19.2 Å². The van der Waals surface area contributed by atoms with Crippen LogP contribution in [-0.4, -0.2) is 45.1 Å². The van der Waals surface area contributed by atoms with Crippen molar-refractivity contribution in [3.05, 3.63) is 29.3 Å². The lowest BCUT2D eigenvalue weighted by atomic mass is 10.1. The van der Waals surface area contributed by atoms with E-state index in [4.69, 9.17) is 9.47 Å². The standard InChI is InChI=1S/C16H23NO3/c1-17(7-8-20-12-13-3-4-13)10-15-9-14(11-18)5-6-16(15)19-2/h5-6,9,11,13H,3-4,7-8,10,12H2,1-2H3. The van der Waals surface area contributed by atoms with Crippen LogP contribution in [0.2, 0.25) is 0 Å². The minimum atomic E-state index is 0.680. The Hall–Kier alpha value is -1.39. The first kappa shape index (κ1) is 15.0. The molecule has 0 atom stereocenters. The van der Waals surface area contributed by atoms with Crippen molar-refractivity contribution < 1.29 is 14.3 Å². The molecule has 2 rings (SSSR count). The van der Waals surface area contributed by atoms with E-state index in [2.05, 4.69) is 4.90 Å². The quantitative estimate of drug-likeness (QED) is 0.513. The summed E-state index contributed by atoms with van der Waals surface area (Å²) < 4.78 is 11.0. The number of aldehydes is 1. The predicted molar refractivity (Wildman–Crippen MR) is 78.3 cm³/mol. The van der Waals surface area contributed by atoms with Gasteiger partial charge in [-0.05, 0) is 44.0 Å². The molecule has 0 bridgehead atoms. The maximum Gasteiger partial charge on any atom is 0.150 e. The van der Waals surface area contributed by atoms with E-state index >= 15 is 0 Å². The van der Waals surface area contributed by atoms with E-state index in [-0.39, 0.29) is 0 Å². The first-order valence-corrected chi connectivity index (χ1v) is 7.11. The minimum Gasteiger partial charge on any atom is -0.496 e. The SMILES string of the molecule is COc1ccc(C=O)cc1CN(C)CCOCC1CC1. The Bertz CT molecular complexity index is 443. The van der Waals surface area contributed by atoms with Crippen LogP contribution in [0.3, 0.4) is 0 Å². The van der Waals surface area contributed by atoms with E-state index in [9.17, 15) is 4.79 Å². The number of hydrogen-bond acceptors (Lipinski definition) is 4. The van der Waals surface area contributed by atoms with Gasteiger partial charge in [-0.3, -0.25) is 9.69 Å². The molecule has 0 unspecified atom stereocenters. The molecule has 0 heterocycles. The van der Waals surface area contributed by atoms with Gasteiger partial charge in [0, 0.05) is 30.8 Å². The van der Waals surface area contributed by atoms with Crippen molar-refractivity contribution in [1.29, 1.82) is 0 Å². The maximum atomic E-state index is 10.9. The van der Waals surface area contributed by atoms with E-state index in [0.717, 1.165) is 49.8 Å². The lowest BCUT2D eigenvalue weighted by Crippen LogP contribution is -2.23. The molecule has 1 saturated carbocycles. The summed E-state index contributed by atoms with van der Waals surface area (Å²) in [6, 6.07) is 5.50. The van der Waals surface area contributed by atoms with Gasteiger partial charge in [0.25, 0.3) is 0 Å². The Balaban J connectivity index is 1.81. The summed E-state index contributed by atoms with van der Waals surface area (Å²) in [6.45, 7) is 3.28. The third kappa shape index (κ3) is 4.62. The van der Waals surface area contributed by atoms with Gasteiger partial charge < -0.3 is 9.47 Å². The van der Waals surface area contributed by atoms with Crippen molar-refractivity contribution in [2.24, 2.45) is 5.92 Å². The Morgan fingerprint density at radius 3 is 2.85 bits per heavy atom. The predicted octanol–water partition coefficient (Wildman–Crippen LogP) is 2.37. The van der Waals surface area contributed by atoms with E-state index in [0.29, 0.717) is 5.56 Å². The van der Waals surface area contributed by atoms with Crippen LogP contribution in [0.5, 0.6) is 5.75 Å². The Morgan fingerprint density at radius 1 is 1.40 bits per heavy atom. The highest BCUT2D eigenvalue weighted by Crippen LogP contribution is 2.28. The zero-order valence-electron chi connectivity index (χ0n) is 12.3. The van der Waals surface area contributed by atoms with Crippen LogP contribution in [0.15, 0.2) is 18.2 Å². The maximum absolute atomic E-state index is 10.9. The molecule has 20 heavy (non-hydrogen) atoms. The van der Waals surface area contributed by atoms with E-state index < -0.39 is 0 Å². The number of carbonyl (C=O) groups excluding carboxylic acids is 1. The smallest absolute Gasteiger partial charge is 0.150 e. The molecule has 1 aromatic carbocycles. The van der Waals surface area contributed by atoms with Gasteiger partial charge in [-0.1, -0.05) is 0 Å². The lowest BCUT2D eigenvalue weighted by Gasteiger charge is -2.18. The summed E-state index contributed by atoms with van der Waals surface area (Å²) in [6.07, 6.45) is 3.51. The van der Waals surface area contributed by atoms with Crippen molar-refractivity contribution >= 4 is 6.29 Å². The molecule has 0 spiro atoms. The molecule has 0 amide bonds. The molecule has 1 fully saturated rings. The first-order chi connectivity index (χ1) is 9.72. The highest BCUT2D eigenvalue weighted by molar-refractivity contribution is 5.75. The molecule has 0 aliphatic heterocycles. The number of carbonyl (C=O) groups is 1.